The first-order valence-corrected chi connectivity index (χ1v) is 10.2. The highest BCUT2D eigenvalue weighted by molar-refractivity contribution is 6.42. The molecular weight excluding hydrogens is 427 g/mol. The summed E-state index contributed by atoms with van der Waals surface area (Å²) in [6.45, 7) is 5.56. The summed E-state index contributed by atoms with van der Waals surface area (Å²) in [6, 6.07) is 8.98. The average Bonchev–Trinajstić information content (AvgIpc) is 2.72. The van der Waals surface area contributed by atoms with Gasteiger partial charge in [0.05, 0.1) is 30.3 Å². The Hall–Kier alpha value is -2.44. The van der Waals surface area contributed by atoms with Crippen LogP contribution in [0.3, 0.4) is 0 Å². The highest BCUT2D eigenvalue weighted by Crippen LogP contribution is 2.26. The molecule has 30 heavy (non-hydrogen) atoms. The van der Waals surface area contributed by atoms with E-state index in [-0.39, 0.29) is 17.9 Å². The molecule has 1 unspecified atom stereocenters. The van der Waals surface area contributed by atoms with E-state index in [0.717, 1.165) is 5.56 Å². The molecule has 2 N–H and O–H groups in total. The molecule has 162 valence electrons. The van der Waals surface area contributed by atoms with Crippen molar-refractivity contribution in [1.82, 2.24) is 10.6 Å². The molecule has 2 rings (SSSR count). The van der Waals surface area contributed by atoms with Gasteiger partial charge < -0.3 is 20.1 Å². The minimum atomic E-state index is -0.736. The Morgan fingerprint density at radius 3 is 1.97 bits per heavy atom. The number of benzene rings is 2. The van der Waals surface area contributed by atoms with E-state index in [0.29, 0.717) is 27.1 Å². The normalized spacial score (nSPS) is 12.8. The van der Waals surface area contributed by atoms with E-state index in [1.807, 2.05) is 20.8 Å². The zero-order valence-corrected chi connectivity index (χ0v) is 19.1. The van der Waals surface area contributed by atoms with Crippen molar-refractivity contribution in [2.75, 3.05) is 14.2 Å². The van der Waals surface area contributed by atoms with Crippen molar-refractivity contribution in [3.05, 3.63) is 57.6 Å². The third-order valence-electron chi connectivity index (χ3n) is 4.65. The molecule has 0 fully saturated rings. The first-order valence-electron chi connectivity index (χ1n) is 9.45. The lowest BCUT2D eigenvalue weighted by Crippen LogP contribution is -2.50. The largest absolute Gasteiger partial charge is 0.497 e. The van der Waals surface area contributed by atoms with Crippen molar-refractivity contribution < 1.29 is 19.1 Å². The van der Waals surface area contributed by atoms with Gasteiger partial charge in [0.1, 0.15) is 17.5 Å². The zero-order chi connectivity index (χ0) is 22.4. The number of rotatable bonds is 8. The van der Waals surface area contributed by atoms with Gasteiger partial charge in [-0.1, -0.05) is 43.1 Å². The maximum Gasteiger partial charge on any atom is 0.252 e. The molecule has 0 aliphatic carbocycles. The molecular formula is C22H26Cl2N2O4. The first kappa shape index (κ1) is 23.8. The van der Waals surface area contributed by atoms with Gasteiger partial charge in [-0.3, -0.25) is 9.59 Å². The van der Waals surface area contributed by atoms with Gasteiger partial charge in [-0.05, 0) is 42.7 Å². The monoisotopic (exact) mass is 452 g/mol. The molecule has 6 nitrogen and oxygen atoms in total. The van der Waals surface area contributed by atoms with Crippen molar-refractivity contribution in [1.29, 1.82) is 0 Å². The number of halogens is 2. The van der Waals surface area contributed by atoms with Crippen LogP contribution in [-0.2, 0) is 4.79 Å². The number of nitrogens with one attached hydrogen (secondary N) is 2. The van der Waals surface area contributed by atoms with Crippen LogP contribution in [0.2, 0.25) is 10.0 Å². The molecule has 0 radical (unpaired) electrons. The van der Waals surface area contributed by atoms with Gasteiger partial charge in [0.2, 0.25) is 5.91 Å². The van der Waals surface area contributed by atoms with Crippen molar-refractivity contribution in [3.8, 4) is 11.5 Å². The molecule has 0 aliphatic heterocycles. The van der Waals surface area contributed by atoms with E-state index in [4.69, 9.17) is 32.7 Å². The third kappa shape index (κ3) is 6.03. The van der Waals surface area contributed by atoms with Crippen LogP contribution in [0.15, 0.2) is 36.4 Å². The SMILES string of the molecule is COc1cc(OC)cc(C(=O)N[C@H](C(=O)NC(C)c2ccc(Cl)c(Cl)c2)C(C)C)c1. The van der Waals surface area contributed by atoms with Crippen LogP contribution in [0.4, 0.5) is 0 Å². The van der Waals surface area contributed by atoms with Gasteiger partial charge in [0.15, 0.2) is 0 Å². The highest BCUT2D eigenvalue weighted by atomic mass is 35.5. The number of amides is 2. The predicted octanol–water partition coefficient (Wildman–Crippen LogP) is 4.64. The van der Waals surface area contributed by atoms with Crippen LogP contribution in [0.5, 0.6) is 11.5 Å². The van der Waals surface area contributed by atoms with E-state index in [1.165, 1.54) is 14.2 Å². The first-order chi connectivity index (χ1) is 14.2. The van der Waals surface area contributed by atoms with E-state index in [9.17, 15) is 9.59 Å². The van der Waals surface area contributed by atoms with Crippen molar-refractivity contribution >= 4 is 35.0 Å². The summed E-state index contributed by atoms with van der Waals surface area (Å²) >= 11 is 12.0. The Morgan fingerprint density at radius 2 is 1.47 bits per heavy atom. The molecule has 0 bridgehead atoms. The molecule has 2 amide bonds. The van der Waals surface area contributed by atoms with Crippen LogP contribution in [0.25, 0.3) is 0 Å². The van der Waals surface area contributed by atoms with Crippen LogP contribution in [0, 0.1) is 5.92 Å². The van der Waals surface area contributed by atoms with Gasteiger partial charge in [0.25, 0.3) is 5.91 Å². The van der Waals surface area contributed by atoms with E-state index in [2.05, 4.69) is 10.6 Å². The number of ether oxygens (including phenoxy) is 2. The van der Waals surface area contributed by atoms with E-state index < -0.39 is 11.9 Å². The third-order valence-corrected chi connectivity index (χ3v) is 5.39. The van der Waals surface area contributed by atoms with Crippen molar-refractivity contribution in [2.24, 2.45) is 5.92 Å². The zero-order valence-electron chi connectivity index (χ0n) is 17.6. The fraction of sp³-hybridized carbons (Fsp3) is 0.364. The molecule has 2 aromatic rings. The quantitative estimate of drug-likeness (QED) is 0.611. The summed E-state index contributed by atoms with van der Waals surface area (Å²) in [5.41, 5.74) is 1.14. The van der Waals surface area contributed by atoms with Crippen LogP contribution < -0.4 is 20.1 Å². The lowest BCUT2D eigenvalue weighted by Gasteiger charge is -2.24. The minimum Gasteiger partial charge on any atom is -0.497 e. The molecule has 0 heterocycles. The fourth-order valence-electron chi connectivity index (χ4n) is 2.87. The summed E-state index contributed by atoms with van der Waals surface area (Å²) in [6.07, 6.45) is 0. The van der Waals surface area contributed by atoms with Gasteiger partial charge in [-0.2, -0.15) is 0 Å². The average molecular weight is 453 g/mol. The lowest BCUT2D eigenvalue weighted by atomic mass is 10.0. The van der Waals surface area contributed by atoms with Gasteiger partial charge in [-0.25, -0.2) is 0 Å². The Balaban J connectivity index is 2.15. The topological polar surface area (TPSA) is 76.7 Å². The van der Waals surface area contributed by atoms with E-state index in [1.54, 1.807) is 36.4 Å². The van der Waals surface area contributed by atoms with E-state index >= 15 is 0 Å². The van der Waals surface area contributed by atoms with Gasteiger partial charge in [0, 0.05) is 11.6 Å². The second-order valence-electron chi connectivity index (χ2n) is 7.20. The second-order valence-corrected chi connectivity index (χ2v) is 8.01. The smallest absolute Gasteiger partial charge is 0.252 e. The molecule has 2 atom stereocenters. The molecule has 0 aliphatic rings. The molecule has 0 saturated heterocycles. The summed E-state index contributed by atoms with van der Waals surface area (Å²) in [7, 11) is 3.01. The van der Waals surface area contributed by atoms with Gasteiger partial charge in [-0.15, -0.1) is 0 Å². The van der Waals surface area contributed by atoms with Crippen LogP contribution in [0.1, 0.15) is 42.7 Å². The Labute approximate surface area is 186 Å². The van der Waals surface area contributed by atoms with Gasteiger partial charge >= 0.3 is 0 Å². The number of carbonyl (C=O) groups excluding carboxylic acids is 2. The highest BCUT2D eigenvalue weighted by Gasteiger charge is 2.26. The van der Waals surface area contributed by atoms with Crippen LogP contribution in [-0.4, -0.2) is 32.1 Å². The fourth-order valence-corrected chi connectivity index (χ4v) is 3.17. The molecule has 0 saturated carbocycles. The summed E-state index contributed by atoms with van der Waals surface area (Å²) in [5.74, 6) is 0.133. The minimum absolute atomic E-state index is 0.137. The number of hydrogen-bond acceptors (Lipinski definition) is 4. The number of carbonyl (C=O) groups is 2. The van der Waals surface area contributed by atoms with Crippen molar-refractivity contribution in [3.63, 3.8) is 0 Å². The molecule has 2 aromatic carbocycles. The summed E-state index contributed by atoms with van der Waals surface area (Å²) in [5, 5.41) is 6.58. The standard InChI is InChI=1S/C22H26Cl2N2O4/c1-12(2)20(22(28)25-13(3)14-6-7-18(23)19(24)10-14)26-21(27)15-8-16(29-4)11-17(9-15)30-5/h6-13,20H,1-5H3,(H,25,28)(H,26,27)/t13?,20-/m0/s1. The Kier molecular flexibility index (Phi) is 8.38. The summed E-state index contributed by atoms with van der Waals surface area (Å²) in [4.78, 5) is 25.7. The maximum atomic E-state index is 12.9. The van der Waals surface area contributed by atoms with Crippen LogP contribution >= 0.6 is 23.2 Å². The number of hydrogen-bond donors (Lipinski definition) is 2. The molecule has 0 aromatic heterocycles. The Morgan fingerprint density at radius 1 is 0.867 bits per heavy atom. The second kappa shape index (κ2) is 10.5. The maximum absolute atomic E-state index is 12.9. The summed E-state index contributed by atoms with van der Waals surface area (Å²) < 4.78 is 10.4. The number of methoxy groups -OCH3 is 2. The molecule has 0 spiro atoms. The van der Waals surface area contributed by atoms with Crippen molar-refractivity contribution in [2.45, 2.75) is 32.9 Å². The molecule has 8 heteroatoms. The Bertz CT molecular complexity index is 896. The lowest BCUT2D eigenvalue weighted by molar-refractivity contribution is -0.124. The predicted molar refractivity (Wildman–Crippen MR) is 119 cm³/mol.